The van der Waals surface area contributed by atoms with Crippen LogP contribution in [0.1, 0.15) is 25.0 Å². The van der Waals surface area contributed by atoms with Crippen molar-refractivity contribution in [1.29, 1.82) is 0 Å². The first-order valence-corrected chi connectivity index (χ1v) is 8.73. The number of rotatable bonds is 5. The molecule has 2 bridgehead atoms. The van der Waals surface area contributed by atoms with Gasteiger partial charge in [-0.05, 0) is 31.1 Å². The van der Waals surface area contributed by atoms with Crippen molar-refractivity contribution in [2.45, 2.75) is 32.9 Å². The third-order valence-corrected chi connectivity index (χ3v) is 4.70. The van der Waals surface area contributed by atoms with E-state index >= 15 is 0 Å². The van der Waals surface area contributed by atoms with Crippen LogP contribution in [0.25, 0.3) is 0 Å². The number of nitrogens with one attached hydrogen (secondary N) is 1. The van der Waals surface area contributed by atoms with Gasteiger partial charge in [0, 0.05) is 6.42 Å². The molecule has 1 fully saturated rings. The van der Waals surface area contributed by atoms with Crippen molar-refractivity contribution in [3.8, 4) is 0 Å². The molecule has 2 amide bonds. The van der Waals surface area contributed by atoms with Gasteiger partial charge < -0.3 is 14.9 Å². The highest BCUT2D eigenvalue weighted by molar-refractivity contribution is 6.32. The summed E-state index contributed by atoms with van der Waals surface area (Å²) < 4.78 is 5.16. The molecule has 0 spiro atoms. The first kappa shape index (κ1) is 18.8. The Balaban J connectivity index is 2.01. The molecule has 0 aromatic heterocycles. The smallest absolute Gasteiger partial charge is 0.420 e. The Morgan fingerprint density at radius 1 is 1.22 bits per heavy atom. The second-order valence-electron chi connectivity index (χ2n) is 6.46. The van der Waals surface area contributed by atoms with E-state index in [4.69, 9.17) is 9.57 Å². The maximum atomic E-state index is 13.1. The van der Waals surface area contributed by atoms with Gasteiger partial charge in [-0.25, -0.2) is 9.59 Å². The van der Waals surface area contributed by atoms with Crippen LogP contribution < -0.4 is 10.4 Å². The fourth-order valence-corrected chi connectivity index (χ4v) is 3.29. The van der Waals surface area contributed by atoms with Gasteiger partial charge in [0.25, 0.3) is 5.72 Å². The fourth-order valence-electron chi connectivity index (χ4n) is 3.29. The van der Waals surface area contributed by atoms with Gasteiger partial charge in [0.15, 0.2) is 0 Å². The standard InChI is InChI=1S/C18H21N3O6/c1-4-20(5-2)10-13(22)19-18-9-12-8-6-7-11(3)14(12)21(17(18)25)27-16(24)15(23)26-18/h6-8H,4-5,9-10H2,1-3H3,(H,19,22). The summed E-state index contributed by atoms with van der Waals surface area (Å²) in [6.45, 7) is 6.86. The molecule has 9 heteroatoms. The zero-order valence-electron chi connectivity index (χ0n) is 15.4. The van der Waals surface area contributed by atoms with Crippen LogP contribution in [0.3, 0.4) is 0 Å². The minimum atomic E-state index is -2.02. The first-order chi connectivity index (χ1) is 12.8. The summed E-state index contributed by atoms with van der Waals surface area (Å²) in [6, 6.07) is 5.24. The molecule has 2 aliphatic rings. The van der Waals surface area contributed by atoms with Gasteiger partial charge in [0.05, 0.1) is 12.2 Å². The fraction of sp³-hybridized carbons (Fsp3) is 0.444. The lowest BCUT2D eigenvalue weighted by molar-refractivity contribution is -0.176. The molecule has 0 saturated carbocycles. The van der Waals surface area contributed by atoms with Crippen LogP contribution in [0.15, 0.2) is 18.2 Å². The van der Waals surface area contributed by atoms with Gasteiger partial charge >= 0.3 is 17.8 Å². The summed E-state index contributed by atoms with van der Waals surface area (Å²) in [6.07, 6.45) is -0.0916. The number of hydrogen-bond acceptors (Lipinski definition) is 7. The molecule has 144 valence electrons. The Labute approximate surface area is 156 Å². The van der Waals surface area contributed by atoms with Crippen LogP contribution in [0, 0.1) is 6.92 Å². The molecule has 3 rings (SSSR count). The average Bonchev–Trinajstić information content (AvgIpc) is 2.67. The second-order valence-corrected chi connectivity index (χ2v) is 6.46. The van der Waals surface area contributed by atoms with Gasteiger partial charge in [0.1, 0.15) is 0 Å². The molecule has 1 aromatic rings. The monoisotopic (exact) mass is 375 g/mol. The van der Waals surface area contributed by atoms with Gasteiger partial charge in [-0.1, -0.05) is 32.0 Å². The van der Waals surface area contributed by atoms with Crippen molar-refractivity contribution in [2.24, 2.45) is 0 Å². The topological polar surface area (TPSA) is 105 Å². The summed E-state index contributed by atoms with van der Waals surface area (Å²) in [5.41, 5.74) is -0.345. The molecule has 27 heavy (non-hydrogen) atoms. The number of aryl methyl sites for hydroxylation is 1. The van der Waals surface area contributed by atoms with Crippen LogP contribution in [0.2, 0.25) is 0 Å². The lowest BCUT2D eigenvalue weighted by atomic mass is 9.92. The van der Waals surface area contributed by atoms with E-state index in [1.807, 2.05) is 18.7 Å². The predicted octanol–water partition coefficient (Wildman–Crippen LogP) is 0.0534. The number of ether oxygens (including phenoxy) is 1. The quantitative estimate of drug-likeness (QED) is 0.573. The zero-order chi connectivity index (χ0) is 19.8. The van der Waals surface area contributed by atoms with Gasteiger partial charge in [-0.15, -0.1) is 5.06 Å². The van der Waals surface area contributed by atoms with E-state index in [0.717, 1.165) is 5.06 Å². The molecular formula is C18H21N3O6. The zero-order valence-corrected chi connectivity index (χ0v) is 15.4. The Morgan fingerprint density at radius 3 is 2.59 bits per heavy atom. The Hall–Kier alpha value is -2.94. The summed E-state index contributed by atoms with van der Waals surface area (Å²) in [5.74, 6) is -3.97. The predicted molar refractivity (Wildman–Crippen MR) is 93.2 cm³/mol. The maximum Gasteiger partial charge on any atom is 0.442 e. The number of fused-ring (bicyclic) bond motifs is 4. The highest BCUT2D eigenvalue weighted by atomic mass is 16.7. The molecular weight excluding hydrogens is 354 g/mol. The van der Waals surface area contributed by atoms with E-state index in [0.29, 0.717) is 29.9 Å². The molecule has 2 heterocycles. The lowest BCUT2D eigenvalue weighted by Gasteiger charge is -2.38. The summed E-state index contributed by atoms with van der Waals surface area (Å²) in [4.78, 5) is 56.3. The minimum Gasteiger partial charge on any atom is -0.420 e. The first-order valence-electron chi connectivity index (χ1n) is 8.73. The number of hydroxylamine groups is 1. The third-order valence-electron chi connectivity index (χ3n) is 4.70. The average molecular weight is 375 g/mol. The van der Waals surface area contributed by atoms with E-state index in [1.165, 1.54) is 0 Å². The SMILES string of the molecule is CCN(CC)CC(=O)NC12Cc3cccc(C)c3N(OC(=O)C(=O)O1)C2=O. The van der Waals surface area contributed by atoms with Crippen molar-refractivity contribution < 1.29 is 28.8 Å². The molecule has 0 aliphatic carbocycles. The normalized spacial score (nSPS) is 21.3. The minimum absolute atomic E-state index is 0.0229. The number of benzene rings is 1. The second kappa shape index (κ2) is 6.99. The third kappa shape index (κ3) is 3.25. The largest absolute Gasteiger partial charge is 0.442 e. The van der Waals surface area contributed by atoms with E-state index in [1.54, 1.807) is 25.1 Å². The molecule has 1 saturated heterocycles. The molecule has 0 radical (unpaired) electrons. The van der Waals surface area contributed by atoms with Gasteiger partial charge in [-0.3, -0.25) is 14.5 Å². The number of likely N-dealkylation sites (N-methyl/N-ethyl adjacent to an activating group) is 1. The number of para-hydroxylation sites is 1. The van der Waals surface area contributed by atoms with Crippen molar-refractivity contribution in [2.75, 3.05) is 24.7 Å². The van der Waals surface area contributed by atoms with Crippen LogP contribution in [0.4, 0.5) is 5.69 Å². The summed E-state index contributed by atoms with van der Waals surface area (Å²) >= 11 is 0. The van der Waals surface area contributed by atoms with Crippen molar-refractivity contribution in [1.82, 2.24) is 10.2 Å². The van der Waals surface area contributed by atoms with Crippen LogP contribution in [0.5, 0.6) is 0 Å². The van der Waals surface area contributed by atoms with Crippen molar-refractivity contribution in [3.05, 3.63) is 29.3 Å². The Bertz CT molecular complexity index is 819. The van der Waals surface area contributed by atoms with E-state index in [9.17, 15) is 19.2 Å². The van der Waals surface area contributed by atoms with E-state index in [2.05, 4.69) is 5.32 Å². The molecule has 1 atom stereocenters. The Morgan fingerprint density at radius 2 is 1.93 bits per heavy atom. The number of hydrogen-bond donors (Lipinski definition) is 1. The number of anilines is 1. The van der Waals surface area contributed by atoms with Crippen LogP contribution in [-0.2, 0) is 35.2 Å². The molecule has 1 N–H and O–H groups in total. The van der Waals surface area contributed by atoms with Crippen LogP contribution in [-0.4, -0.2) is 54.0 Å². The van der Waals surface area contributed by atoms with Crippen molar-refractivity contribution in [3.63, 3.8) is 0 Å². The van der Waals surface area contributed by atoms with Gasteiger partial charge in [-0.2, -0.15) is 0 Å². The maximum absolute atomic E-state index is 13.1. The highest BCUT2D eigenvalue weighted by Crippen LogP contribution is 2.37. The molecule has 2 aliphatic heterocycles. The van der Waals surface area contributed by atoms with Crippen LogP contribution >= 0.6 is 0 Å². The number of esters is 1. The van der Waals surface area contributed by atoms with E-state index in [-0.39, 0.29) is 13.0 Å². The number of amides is 2. The summed E-state index contributed by atoms with van der Waals surface area (Å²) in [5, 5.41) is 3.27. The van der Waals surface area contributed by atoms with Crippen molar-refractivity contribution >= 4 is 29.4 Å². The number of nitrogens with zero attached hydrogens (tertiary/aromatic N) is 2. The molecule has 9 nitrogen and oxygen atoms in total. The van der Waals surface area contributed by atoms with E-state index < -0.39 is 29.5 Å². The summed E-state index contributed by atoms with van der Waals surface area (Å²) in [7, 11) is 0. The number of carbonyl (C=O) groups is 4. The van der Waals surface area contributed by atoms with Gasteiger partial charge in [0.2, 0.25) is 5.91 Å². The molecule has 1 unspecified atom stereocenters. The molecule has 1 aromatic carbocycles. The highest BCUT2D eigenvalue weighted by Gasteiger charge is 2.56. The lowest BCUT2D eigenvalue weighted by Crippen LogP contribution is -2.65. The number of carbonyl (C=O) groups excluding carboxylic acids is 4. The Kier molecular flexibility index (Phi) is 4.88.